The van der Waals surface area contributed by atoms with Crippen LogP contribution in [0.15, 0.2) is 72.1 Å². The van der Waals surface area contributed by atoms with E-state index in [1.54, 1.807) is 53.4 Å². The minimum Gasteiger partial charge on any atom is -0.503 e. The fraction of sp³-hybridized carbons (Fsp3) is 0.200. The Morgan fingerprint density at radius 2 is 2.07 bits per heavy atom. The van der Waals surface area contributed by atoms with Crippen LogP contribution in [0.3, 0.4) is 0 Å². The third-order valence-corrected chi connectivity index (χ3v) is 5.54. The van der Waals surface area contributed by atoms with Gasteiger partial charge in [-0.05, 0) is 29.5 Å². The predicted octanol–water partition coefficient (Wildman–Crippen LogP) is 3.01. The highest BCUT2D eigenvalue weighted by Gasteiger charge is 2.43. The van der Waals surface area contributed by atoms with Gasteiger partial charge in [0.25, 0.3) is 5.91 Å². The largest absolute Gasteiger partial charge is 0.503 e. The van der Waals surface area contributed by atoms with Crippen LogP contribution in [0.25, 0.3) is 0 Å². The molecule has 4 rings (SSSR count). The number of hydrogen-bond donors (Lipinski definition) is 1. The summed E-state index contributed by atoms with van der Waals surface area (Å²) in [4.78, 5) is 36.0. The van der Waals surface area contributed by atoms with Gasteiger partial charge in [-0.15, -0.1) is 11.3 Å². The molecule has 3 aromatic heterocycles. The normalized spacial score (nSPS) is 16.8. The van der Waals surface area contributed by atoms with Gasteiger partial charge in [-0.25, -0.2) is 4.98 Å². The van der Waals surface area contributed by atoms with Gasteiger partial charge >= 0.3 is 0 Å². The Bertz CT molecular complexity index is 998. The van der Waals surface area contributed by atoms with Gasteiger partial charge in [-0.1, -0.05) is 12.1 Å². The fourth-order valence-electron chi connectivity index (χ4n) is 3.38. The first-order chi connectivity index (χ1) is 13.7. The van der Waals surface area contributed by atoms with Crippen molar-refractivity contribution in [3.63, 3.8) is 0 Å². The lowest BCUT2D eigenvalue weighted by Crippen LogP contribution is -2.32. The second-order valence-electron chi connectivity index (χ2n) is 6.41. The molecule has 0 spiro atoms. The molecule has 1 aliphatic heterocycles. The lowest BCUT2D eigenvalue weighted by molar-refractivity contribution is -0.129. The number of aliphatic hydroxyl groups excluding tert-OH is 1. The van der Waals surface area contributed by atoms with Gasteiger partial charge in [0, 0.05) is 37.9 Å². The molecule has 0 unspecified atom stereocenters. The molecule has 28 heavy (non-hydrogen) atoms. The first kappa shape index (κ1) is 18.1. The summed E-state index contributed by atoms with van der Waals surface area (Å²) in [5, 5.41) is 12.3. The Balaban J connectivity index is 1.64. The maximum absolute atomic E-state index is 13.0. The Hall–Kier alpha value is -3.26. The number of Topliss-reactive ketones (excluding diaryl/α,β-unsaturated/α-hetero) is 1. The summed E-state index contributed by atoms with van der Waals surface area (Å²) in [6.45, 7) is 1.07. The van der Waals surface area contributed by atoms with E-state index in [2.05, 4.69) is 9.97 Å². The molecule has 0 aromatic carbocycles. The SMILES string of the molecule is O=C(C1=C(O)C(=O)N(CCCn2ccnc2)[C@H]1c1cccnc1)c1cccs1. The Morgan fingerprint density at radius 1 is 1.18 bits per heavy atom. The topological polar surface area (TPSA) is 88.3 Å². The Kier molecular flexibility index (Phi) is 5.03. The number of thiophene rings is 1. The lowest BCUT2D eigenvalue weighted by atomic mass is 9.96. The number of carbonyl (C=O) groups excluding carboxylic acids is 2. The third kappa shape index (κ3) is 3.34. The van der Waals surface area contributed by atoms with Crippen LogP contribution >= 0.6 is 11.3 Å². The molecular weight excluding hydrogens is 376 g/mol. The molecule has 3 aromatic rings. The number of nitrogens with zero attached hydrogens (tertiary/aromatic N) is 4. The smallest absolute Gasteiger partial charge is 0.290 e. The number of aromatic nitrogens is 3. The molecule has 0 bridgehead atoms. The van der Waals surface area contributed by atoms with Gasteiger partial charge in [0.15, 0.2) is 5.76 Å². The van der Waals surface area contributed by atoms with Crippen molar-refractivity contribution in [2.75, 3.05) is 6.54 Å². The van der Waals surface area contributed by atoms with Gasteiger partial charge in [0.2, 0.25) is 5.78 Å². The van der Waals surface area contributed by atoms with Gasteiger partial charge in [0.05, 0.1) is 22.8 Å². The van der Waals surface area contributed by atoms with Crippen LogP contribution in [0, 0.1) is 0 Å². The molecule has 0 saturated carbocycles. The van der Waals surface area contributed by atoms with Crippen LogP contribution in [-0.2, 0) is 11.3 Å². The molecule has 1 amide bonds. The van der Waals surface area contributed by atoms with Gasteiger partial charge in [-0.3, -0.25) is 14.6 Å². The molecule has 4 heterocycles. The number of rotatable bonds is 7. The van der Waals surface area contributed by atoms with Gasteiger partial charge < -0.3 is 14.6 Å². The zero-order valence-corrected chi connectivity index (χ0v) is 15.7. The number of pyridine rings is 1. The van der Waals surface area contributed by atoms with Crippen LogP contribution in [0.2, 0.25) is 0 Å². The minimum atomic E-state index is -0.654. The van der Waals surface area contributed by atoms with E-state index < -0.39 is 17.7 Å². The molecule has 1 atom stereocenters. The Morgan fingerprint density at radius 3 is 2.75 bits per heavy atom. The number of aliphatic hydroxyl groups is 1. The molecule has 142 valence electrons. The van der Waals surface area contributed by atoms with E-state index in [-0.39, 0.29) is 11.4 Å². The molecule has 7 nitrogen and oxygen atoms in total. The lowest BCUT2D eigenvalue weighted by Gasteiger charge is -2.26. The van der Waals surface area contributed by atoms with Crippen molar-refractivity contribution in [1.82, 2.24) is 19.4 Å². The van der Waals surface area contributed by atoms with E-state index >= 15 is 0 Å². The highest BCUT2D eigenvalue weighted by atomic mass is 32.1. The third-order valence-electron chi connectivity index (χ3n) is 4.67. The van der Waals surface area contributed by atoms with Crippen LogP contribution < -0.4 is 0 Å². The summed E-state index contributed by atoms with van der Waals surface area (Å²) in [5.41, 5.74) is 0.811. The molecule has 1 N–H and O–H groups in total. The molecule has 8 heteroatoms. The monoisotopic (exact) mass is 394 g/mol. The van der Waals surface area contributed by atoms with Crippen LogP contribution in [0.1, 0.15) is 27.7 Å². The minimum absolute atomic E-state index is 0.114. The number of carbonyl (C=O) groups is 2. The number of ketones is 1. The second kappa shape index (κ2) is 7.77. The van der Waals surface area contributed by atoms with Gasteiger partial charge in [0.1, 0.15) is 0 Å². The van der Waals surface area contributed by atoms with Crippen molar-refractivity contribution >= 4 is 23.0 Å². The predicted molar refractivity (Wildman–Crippen MR) is 104 cm³/mol. The van der Waals surface area contributed by atoms with E-state index in [1.165, 1.54) is 11.3 Å². The maximum Gasteiger partial charge on any atom is 0.290 e. The van der Waals surface area contributed by atoms with E-state index in [9.17, 15) is 14.7 Å². The summed E-state index contributed by atoms with van der Waals surface area (Å²) in [6, 6.07) is 6.38. The summed E-state index contributed by atoms with van der Waals surface area (Å²) in [7, 11) is 0. The number of aryl methyl sites for hydroxylation is 1. The highest BCUT2D eigenvalue weighted by Crippen LogP contribution is 2.39. The van der Waals surface area contributed by atoms with Crippen LogP contribution in [0.4, 0.5) is 0 Å². The standard InChI is InChI=1S/C20H18N4O3S/c25-18(15-5-2-11-28-15)16-17(14-4-1-6-21-12-14)24(20(27)19(16)26)9-3-8-23-10-7-22-13-23/h1-2,4-7,10-13,17,26H,3,8-9H2/t17-/m0/s1. The molecule has 0 radical (unpaired) electrons. The van der Waals surface area contributed by atoms with E-state index in [0.29, 0.717) is 30.0 Å². The van der Waals surface area contributed by atoms with Gasteiger partial charge in [-0.2, -0.15) is 0 Å². The van der Waals surface area contributed by atoms with E-state index in [4.69, 9.17) is 0 Å². The first-order valence-corrected chi connectivity index (χ1v) is 9.72. The number of imidazole rings is 1. The quantitative estimate of drug-likeness (QED) is 0.623. The first-order valence-electron chi connectivity index (χ1n) is 8.85. The van der Waals surface area contributed by atoms with Crippen LogP contribution in [-0.4, -0.2) is 42.8 Å². The number of amides is 1. The summed E-state index contributed by atoms with van der Waals surface area (Å²) < 4.78 is 1.92. The molecule has 0 aliphatic carbocycles. The van der Waals surface area contributed by atoms with Crippen molar-refractivity contribution in [3.05, 3.63) is 82.5 Å². The molecule has 0 saturated heterocycles. The molecule has 0 fully saturated rings. The van der Waals surface area contributed by atoms with Crippen molar-refractivity contribution in [1.29, 1.82) is 0 Å². The molecule has 1 aliphatic rings. The average Bonchev–Trinajstić information content (AvgIpc) is 3.46. The number of hydrogen-bond acceptors (Lipinski definition) is 6. The summed E-state index contributed by atoms with van der Waals surface area (Å²) >= 11 is 1.29. The van der Waals surface area contributed by atoms with Crippen molar-refractivity contribution < 1.29 is 14.7 Å². The van der Waals surface area contributed by atoms with E-state index in [1.807, 2.05) is 16.8 Å². The van der Waals surface area contributed by atoms with Crippen LogP contribution in [0.5, 0.6) is 0 Å². The van der Waals surface area contributed by atoms with E-state index in [0.717, 1.165) is 0 Å². The summed E-state index contributed by atoms with van der Waals surface area (Å²) in [5.74, 6) is -1.33. The summed E-state index contributed by atoms with van der Waals surface area (Å²) in [6.07, 6.45) is 9.18. The zero-order chi connectivity index (χ0) is 19.5. The molecular formula is C20H18N4O3S. The average molecular weight is 394 g/mol. The fourth-order valence-corrected chi connectivity index (χ4v) is 4.06. The van der Waals surface area contributed by atoms with Crippen molar-refractivity contribution in [3.8, 4) is 0 Å². The highest BCUT2D eigenvalue weighted by molar-refractivity contribution is 7.12. The van der Waals surface area contributed by atoms with Crippen molar-refractivity contribution in [2.45, 2.75) is 19.0 Å². The Labute approximate surface area is 165 Å². The van der Waals surface area contributed by atoms with Crippen molar-refractivity contribution in [2.24, 2.45) is 0 Å². The zero-order valence-electron chi connectivity index (χ0n) is 14.9. The second-order valence-corrected chi connectivity index (χ2v) is 7.36. The maximum atomic E-state index is 13.0.